The van der Waals surface area contributed by atoms with Crippen LogP contribution in [0.4, 0.5) is 0 Å². The largest absolute Gasteiger partial charge is 0.506 e. The third-order valence-corrected chi connectivity index (χ3v) is 7.26. The van der Waals surface area contributed by atoms with Gasteiger partial charge in [-0.1, -0.05) is 74.5 Å². The molecule has 0 saturated heterocycles. The number of hydrogen-bond donors (Lipinski definition) is 1. The van der Waals surface area contributed by atoms with Crippen LogP contribution in [0.1, 0.15) is 61.5 Å². The van der Waals surface area contributed by atoms with Gasteiger partial charge >= 0.3 is 5.63 Å². The summed E-state index contributed by atoms with van der Waals surface area (Å²) in [5.41, 5.74) is 2.85. The highest BCUT2D eigenvalue weighted by molar-refractivity contribution is 7.99. The van der Waals surface area contributed by atoms with Crippen molar-refractivity contribution in [2.24, 2.45) is 0 Å². The Morgan fingerprint density at radius 3 is 2.43 bits per heavy atom. The van der Waals surface area contributed by atoms with E-state index in [1.54, 1.807) is 6.07 Å². The van der Waals surface area contributed by atoms with Crippen molar-refractivity contribution in [1.82, 2.24) is 0 Å². The van der Waals surface area contributed by atoms with Gasteiger partial charge in [-0.2, -0.15) is 0 Å². The number of hydrogen-bond acceptors (Lipinski definition) is 4. The quantitative estimate of drug-likeness (QED) is 0.488. The normalized spacial score (nSPS) is 15.2. The predicted molar refractivity (Wildman–Crippen MR) is 122 cm³/mol. The molecule has 1 fully saturated rings. The first kappa shape index (κ1) is 20.8. The summed E-state index contributed by atoms with van der Waals surface area (Å²) in [6.07, 6.45) is 3.85. The summed E-state index contributed by atoms with van der Waals surface area (Å²) < 4.78 is 5.84. The molecule has 0 aliphatic heterocycles. The van der Waals surface area contributed by atoms with Gasteiger partial charge in [0.2, 0.25) is 0 Å². The Balaban J connectivity index is 1.68. The summed E-state index contributed by atoms with van der Waals surface area (Å²) in [5, 5.41) is 10.8. The summed E-state index contributed by atoms with van der Waals surface area (Å²) >= 11 is 1.30. The fraction of sp³-hybridized carbons (Fsp3) is 0.346. The van der Waals surface area contributed by atoms with E-state index < -0.39 is 5.63 Å². The fourth-order valence-corrected chi connectivity index (χ4v) is 5.42. The van der Waals surface area contributed by atoms with E-state index in [0.29, 0.717) is 11.7 Å². The Hall–Kier alpha value is -2.46. The molecule has 1 saturated carbocycles. The molecule has 1 heterocycles. The molecule has 0 bridgehead atoms. The average molecular weight is 421 g/mol. The minimum Gasteiger partial charge on any atom is -0.506 e. The first-order chi connectivity index (χ1) is 14.4. The van der Waals surface area contributed by atoms with Crippen LogP contribution < -0.4 is 5.63 Å². The molecule has 3 nitrogen and oxygen atoms in total. The van der Waals surface area contributed by atoms with Crippen molar-refractivity contribution in [3.8, 4) is 5.75 Å². The Bertz CT molecular complexity index is 1100. The maximum Gasteiger partial charge on any atom is 0.353 e. The van der Waals surface area contributed by atoms with Gasteiger partial charge in [0, 0.05) is 16.4 Å². The SMILES string of the molecule is Cc1ccc(C(C)C)c(Sc2c(O)cc(C3(Cc4ccccc4)CCC3)oc2=O)c1. The summed E-state index contributed by atoms with van der Waals surface area (Å²) in [6.45, 7) is 6.29. The molecule has 156 valence electrons. The van der Waals surface area contributed by atoms with Gasteiger partial charge in [0.05, 0.1) is 0 Å². The van der Waals surface area contributed by atoms with E-state index >= 15 is 0 Å². The molecule has 4 rings (SSSR count). The van der Waals surface area contributed by atoms with Gasteiger partial charge in [0.15, 0.2) is 0 Å². The zero-order valence-corrected chi connectivity index (χ0v) is 18.6. The van der Waals surface area contributed by atoms with Crippen LogP contribution in [0, 0.1) is 6.92 Å². The smallest absolute Gasteiger partial charge is 0.353 e. The molecule has 0 spiro atoms. The van der Waals surface area contributed by atoms with Crippen LogP contribution in [-0.4, -0.2) is 5.11 Å². The third-order valence-electron chi connectivity index (χ3n) is 6.11. The van der Waals surface area contributed by atoms with Crippen molar-refractivity contribution >= 4 is 11.8 Å². The molecule has 3 aromatic rings. The van der Waals surface area contributed by atoms with Crippen LogP contribution in [0.3, 0.4) is 0 Å². The molecular weight excluding hydrogens is 392 g/mol. The van der Waals surface area contributed by atoms with Crippen molar-refractivity contribution in [3.05, 3.63) is 87.5 Å². The lowest BCUT2D eigenvalue weighted by Gasteiger charge is -2.41. The standard InChI is InChI=1S/C26H28O3S/c1-17(2)20-11-10-18(3)14-22(20)30-24-21(27)15-23(29-25(24)28)26(12-7-13-26)16-19-8-5-4-6-9-19/h4-6,8-11,14-15,17,27H,7,12-13,16H2,1-3H3. The van der Waals surface area contributed by atoms with Crippen molar-refractivity contribution in [1.29, 1.82) is 0 Å². The highest BCUT2D eigenvalue weighted by Crippen LogP contribution is 2.47. The fourth-order valence-electron chi connectivity index (χ4n) is 4.24. The number of aryl methyl sites for hydroxylation is 1. The number of benzene rings is 2. The number of rotatable bonds is 6. The van der Waals surface area contributed by atoms with Gasteiger partial charge in [0.25, 0.3) is 0 Å². The van der Waals surface area contributed by atoms with Gasteiger partial charge in [0.1, 0.15) is 16.4 Å². The van der Waals surface area contributed by atoms with E-state index in [9.17, 15) is 9.90 Å². The first-order valence-electron chi connectivity index (χ1n) is 10.6. The van der Waals surface area contributed by atoms with Crippen molar-refractivity contribution in [2.75, 3.05) is 0 Å². The predicted octanol–water partition coefficient (Wildman–Crippen LogP) is 6.59. The summed E-state index contributed by atoms with van der Waals surface area (Å²) in [6, 6.07) is 18.2. The first-order valence-corrected chi connectivity index (χ1v) is 11.4. The third kappa shape index (κ3) is 4.06. The Morgan fingerprint density at radius 2 is 1.83 bits per heavy atom. The van der Waals surface area contributed by atoms with Crippen LogP contribution in [0.5, 0.6) is 5.75 Å². The van der Waals surface area contributed by atoms with Gasteiger partial charge in [-0.05, 0) is 54.9 Å². The zero-order valence-electron chi connectivity index (χ0n) is 17.8. The molecule has 0 atom stereocenters. The molecule has 30 heavy (non-hydrogen) atoms. The average Bonchev–Trinajstić information content (AvgIpc) is 2.68. The second-order valence-corrected chi connectivity index (χ2v) is 9.76. The topological polar surface area (TPSA) is 50.4 Å². The summed E-state index contributed by atoms with van der Waals surface area (Å²) in [7, 11) is 0. The molecular formula is C26H28O3S. The lowest BCUT2D eigenvalue weighted by molar-refractivity contribution is 0.186. The Labute approximate surface area is 182 Å². The summed E-state index contributed by atoms with van der Waals surface area (Å²) in [5.74, 6) is 0.949. The highest BCUT2D eigenvalue weighted by Gasteiger charge is 2.42. The van der Waals surface area contributed by atoms with Crippen molar-refractivity contribution in [3.63, 3.8) is 0 Å². The summed E-state index contributed by atoms with van der Waals surface area (Å²) in [4.78, 5) is 14.2. The molecule has 1 aromatic heterocycles. The monoisotopic (exact) mass is 420 g/mol. The van der Waals surface area contributed by atoms with Crippen LogP contribution >= 0.6 is 11.8 Å². The van der Waals surface area contributed by atoms with Gasteiger partial charge < -0.3 is 9.52 Å². The van der Waals surface area contributed by atoms with Gasteiger partial charge in [-0.25, -0.2) is 4.79 Å². The van der Waals surface area contributed by atoms with Crippen LogP contribution in [0.25, 0.3) is 0 Å². The van der Waals surface area contributed by atoms with Gasteiger partial charge in [-0.15, -0.1) is 0 Å². The van der Waals surface area contributed by atoms with E-state index in [-0.39, 0.29) is 16.1 Å². The Kier molecular flexibility index (Phi) is 5.79. The van der Waals surface area contributed by atoms with E-state index in [1.807, 2.05) is 25.1 Å². The molecule has 0 unspecified atom stereocenters. The maximum atomic E-state index is 12.9. The van der Waals surface area contributed by atoms with Crippen LogP contribution in [0.15, 0.2) is 73.6 Å². The van der Waals surface area contributed by atoms with E-state index in [1.165, 1.54) is 17.3 Å². The van der Waals surface area contributed by atoms with Crippen LogP contribution in [-0.2, 0) is 11.8 Å². The minimum absolute atomic E-state index is 0.0156. The van der Waals surface area contributed by atoms with E-state index in [0.717, 1.165) is 41.7 Å². The zero-order chi connectivity index (χ0) is 21.3. The molecule has 1 N–H and O–H groups in total. The second-order valence-electron chi connectivity index (χ2n) is 8.71. The Morgan fingerprint density at radius 1 is 1.10 bits per heavy atom. The molecule has 0 amide bonds. The highest BCUT2D eigenvalue weighted by atomic mass is 32.2. The second kappa shape index (κ2) is 8.35. The van der Waals surface area contributed by atoms with Crippen molar-refractivity contribution < 1.29 is 9.52 Å². The molecule has 4 heteroatoms. The lowest BCUT2D eigenvalue weighted by Crippen LogP contribution is -2.37. The minimum atomic E-state index is -0.453. The molecule has 1 aliphatic carbocycles. The number of aromatic hydroxyl groups is 1. The maximum absolute atomic E-state index is 12.9. The molecule has 1 aliphatic rings. The van der Waals surface area contributed by atoms with Crippen molar-refractivity contribution in [2.45, 2.75) is 67.6 Å². The van der Waals surface area contributed by atoms with Gasteiger partial charge in [-0.3, -0.25) is 0 Å². The molecule has 2 aromatic carbocycles. The lowest BCUT2D eigenvalue weighted by atomic mass is 9.64. The molecule has 0 radical (unpaired) electrons. The van der Waals surface area contributed by atoms with Crippen LogP contribution in [0.2, 0.25) is 0 Å². The van der Waals surface area contributed by atoms with E-state index in [4.69, 9.17) is 4.42 Å². The van der Waals surface area contributed by atoms with E-state index in [2.05, 4.69) is 44.2 Å².